The molecule has 0 spiro atoms. The Bertz CT molecular complexity index is 3170. The first-order valence-corrected chi connectivity index (χ1v) is 19.6. The Kier molecular flexibility index (Phi) is 7.77. The zero-order chi connectivity index (χ0) is 37.9. The van der Waals surface area contributed by atoms with E-state index in [1.165, 1.54) is 43.6 Å². The lowest BCUT2D eigenvalue weighted by Crippen LogP contribution is -2.01. The molecule has 0 saturated carbocycles. The molecule has 11 aromatic rings. The highest BCUT2D eigenvalue weighted by Gasteiger charge is 2.17. The third-order valence-corrected chi connectivity index (χ3v) is 11.3. The lowest BCUT2D eigenvalue weighted by molar-refractivity contribution is 0.755. The fourth-order valence-electron chi connectivity index (χ4n) is 8.50. The molecule has 4 heterocycles. The number of hydrogen-bond donors (Lipinski definition) is 0. The van der Waals surface area contributed by atoms with Crippen LogP contribution in [0.5, 0.6) is 0 Å². The van der Waals surface area contributed by atoms with Gasteiger partial charge >= 0.3 is 0 Å². The Morgan fingerprint density at radius 2 is 0.965 bits per heavy atom. The summed E-state index contributed by atoms with van der Waals surface area (Å²) in [6, 6.07) is 56.7. The molecule has 0 unspecified atom stereocenters. The number of unbranched alkanes of at least 4 members (excludes halogenated alkanes) is 1. The van der Waals surface area contributed by atoms with Crippen LogP contribution in [-0.4, -0.2) is 34.1 Å². The maximum atomic E-state index is 5.08. The first-order chi connectivity index (χ1) is 28.2. The van der Waals surface area contributed by atoms with Gasteiger partial charge in [-0.05, 0) is 95.8 Å². The van der Waals surface area contributed by atoms with E-state index in [0.717, 1.165) is 69.6 Å². The van der Waals surface area contributed by atoms with Gasteiger partial charge in [0.05, 0.1) is 51.2 Å². The second-order valence-corrected chi connectivity index (χ2v) is 14.7. The smallest absolute Gasteiger partial charge is 0.174 e. The van der Waals surface area contributed by atoms with Gasteiger partial charge < -0.3 is 9.13 Å². The standard InChI is InChI=1S/C50H37N7/c1-2-3-12-35-32-55(54-53-35)50-31-51-44-29-42(33-21-25-36(26-22-33)56-46-17-8-4-13-38(46)39-14-5-9-18-47(39)56)43(30-45(44)52-50)34-23-27-37(28-24-34)57-48-19-10-6-15-40(48)41-16-7-11-20-49(41)57/h4-11,13-32H,2-3,12H2,1H3. The Hall–Kier alpha value is -7.38. The Morgan fingerprint density at radius 1 is 0.509 bits per heavy atom. The summed E-state index contributed by atoms with van der Waals surface area (Å²) in [6.45, 7) is 2.18. The van der Waals surface area contributed by atoms with Crippen LogP contribution in [0.1, 0.15) is 25.5 Å². The molecule has 7 aromatic carbocycles. The molecule has 0 N–H and O–H groups in total. The van der Waals surface area contributed by atoms with Gasteiger partial charge in [0.2, 0.25) is 0 Å². The molecule has 0 fully saturated rings. The molecular weight excluding hydrogens is 699 g/mol. The van der Waals surface area contributed by atoms with Crippen LogP contribution in [0.3, 0.4) is 0 Å². The van der Waals surface area contributed by atoms with Gasteiger partial charge in [0, 0.05) is 32.9 Å². The SMILES string of the molecule is CCCCc1cn(-c2cnc3cc(-c4ccc(-n5c6ccccc6c6ccccc65)cc4)c(-c4ccc(-n5c6ccccc6c6ccccc65)cc4)cc3n2)nn1. The van der Waals surface area contributed by atoms with E-state index >= 15 is 0 Å². The number of para-hydroxylation sites is 4. The van der Waals surface area contributed by atoms with Crippen molar-refractivity contribution in [3.05, 3.63) is 176 Å². The Labute approximate surface area is 329 Å². The topological polar surface area (TPSA) is 66.3 Å². The van der Waals surface area contributed by atoms with Crippen molar-refractivity contribution in [3.63, 3.8) is 0 Å². The van der Waals surface area contributed by atoms with Gasteiger partial charge in [-0.25, -0.2) is 9.67 Å². The molecule has 272 valence electrons. The predicted octanol–water partition coefficient (Wildman–Crippen LogP) is 12.1. The average Bonchev–Trinajstić information content (AvgIpc) is 3.98. The van der Waals surface area contributed by atoms with E-state index in [4.69, 9.17) is 9.97 Å². The van der Waals surface area contributed by atoms with Crippen LogP contribution < -0.4 is 0 Å². The molecule has 0 aliphatic rings. The number of benzene rings is 7. The zero-order valence-corrected chi connectivity index (χ0v) is 31.4. The summed E-state index contributed by atoms with van der Waals surface area (Å²) < 4.78 is 6.45. The highest BCUT2D eigenvalue weighted by atomic mass is 15.4. The summed E-state index contributed by atoms with van der Waals surface area (Å²) >= 11 is 0. The van der Waals surface area contributed by atoms with Gasteiger partial charge in [-0.2, -0.15) is 0 Å². The van der Waals surface area contributed by atoms with Crippen molar-refractivity contribution in [2.45, 2.75) is 26.2 Å². The minimum atomic E-state index is 0.647. The molecular formula is C50H37N7. The van der Waals surface area contributed by atoms with E-state index in [-0.39, 0.29) is 0 Å². The molecule has 0 atom stereocenters. The quantitative estimate of drug-likeness (QED) is 0.156. The lowest BCUT2D eigenvalue weighted by atomic mass is 9.93. The van der Waals surface area contributed by atoms with Crippen LogP contribution in [0, 0.1) is 0 Å². The van der Waals surface area contributed by atoms with Crippen LogP contribution in [0.25, 0.3) is 94.1 Å². The molecule has 7 nitrogen and oxygen atoms in total. The summed E-state index contributed by atoms with van der Waals surface area (Å²) in [5.74, 6) is 0.647. The average molecular weight is 736 g/mol. The van der Waals surface area contributed by atoms with Crippen LogP contribution in [-0.2, 0) is 6.42 Å². The summed E-state index contributed by atoms with van der Waals surface area (Å²) in [7, 11) is 0. The molecule has 57 heavy (non-hydrogen) atoms. The highest BCUT2D eigenvalue weighted by molar-refractivity contribution is 6.10. The number of rotatable bonds is 8. The lowest BCUT2D eigenvalue weighted by Gasteiger charge is -2.15. The Balaban J connectivity index is 1.05. The number of fused-ring (bicyclic) bond motifs is 7. The summed E-state index contributed by atoms with van der Waals surface area (Å²) in [4.78, 5) is 10.0. The second-order valence-electron chi connectivity index (χ2n) is 14.7. The number of aromatic nitrogens is 7. The molecule has 0 saturated heterocycles. The van der Waals surface area contributed by atoms with Crippen molar-refractivity contribution in [1.29, 1.82) is 0 Å². The van der Waals surface area contributed by atoms with E-state index in [9.17, 15) is 0 Å². The maximum absolute atomic E-state index is 5.08. The third kappa shape index (κ3) is 5.50. The predicted molar refractivity (Wildman–Crippen MR) is 233 cm³/mol. The Morgan fingerprint density at radius 3 is 1.44 bits per heavy atom. The second kappa shape index (κ2) is 13.4. The molecule has 11 rings (SSSR count). The van der Waals surface area contributed by atoms with E-state index in [1.807, 2.05) is 6.20 Å². The number of hydrogen-bond acceptors (Lipinski definition) is 4. The van der Waals surface area contributed by atoms with Gasteiger partial charge in [-0.1, -0.05) is 116 Å². The molecule has 0 amide bonds. The van der Waals surface area contributed by atoms with Gasteiger partial charge in [0.15, 0.2) is 5.82 Å². The van der Waals surface area contributed by atoms with Crippen molar-refractivity contribution >= 4 is 54.6 Å². The van der Waals surface area contributed by atoms with E-state index in [1.54, 1.807) is 10.9 Å². The normalized spacial score (nSPS) is 11.8. The highest BCUT2D eigenvalue weighted by Crippen LogP contribution is 2.38. The maximum Gasteiger partial charge on any atom is 0.174 e. The third-order valence-electron chi connectivity index (χ3n) is 11.3. The van der Waals surface area contributed by atoms with Gasteiger partial charge in [-0.3, -0.25) is 4.98 Å². The van der Waals surface area contributed by atoms with Crippen molar-refractivity contribution < 1.29 is 0 Å². The van der Waals surface area contributed by atoms with Gasteiger partial charge in [-0.15, -0.1) is 5.10 Å². The van der Waals surface area contributed by atoms with Crippen LogP contribution in [0.4, 0.5) is 0 Å². The van der Waals surface area contributed by atoms with Crippen molar-refractivity contribution in [2.75, 3.05) is 0 Å². The molecule has 0 aliphatic carbocycles. The van der Waals surface area contributed by atoms with E-state index in [0.29, 0.717) is 5.82 Å². The van der Waals surface area contributed by atoms with Gasteiger partial charge in [0.25, 0.3) is 0 Å². The summed E-state index contributed by atoms with van der Waals surface area (Å²) in [6.07, 6.45) is 6.83. The molecule has 0 aliphatic heterocycles. The van der Waals surface area contributed by atoms with Crippen molar-refractivity contribution in [1.82, 2.24) is 34.1 Å². The molecule has 0 radical (unpaired) electrons. The fraction of sp³-hybridized carbons (Fsp3) is 0.0800. The minimum Gasteiger partial charge on any atom is -0.309 e. The first-order valence-electron chi connectivity index (χ1n) is 19.6. The first kappa shape index (κ1) is 33.0. The van der Waals surface area contributed by atoms with Crippen molar-refractivity contribution in [3.8, 4) is 39.4 Å². The van der Waals surface area contributed by atoms with Crippen LogP contribution in [0.15, 0.2) is 170 Å². The minimum absolute atomic E-state index is 0.647. The van der Waals surface area contributed by atoms with E-state index in [2.05, 4.69) is 184 Å². The van der Waals surface area contributed by atoms with Crippen LogP contribution in [0.2, 0.25) is 0 Å². The summed E-state index contributed by atoms with van der Waals surface area (Å²) in [5.41, 5.74) is 13.9. The summed E-state index contributed by atoms with van der Waals surface area (Å²) in [5, 5.41) is 13.8. The number of aryl methyl sites for hydroxylation is 1. The monoisotopic (exact) mass is 735 g/mol. The zero-order valence-electron chi connectivity index (χ0n) is 31.4. The largest absolute Gasteiger partial charge is 0.309 e. The fourth-order valence-corrected chi connectivity index (χ4v) is 8.50. The van der Waals surface area contributed by atoms with Crippen LogP contribution >= 0.6 is 0 Å². The molecule has 0 bridgehead atoms. The molecule has 4 aromatic heterocycles. The van der Waals surface area contributed by atoms with Crippen molar-refractivity contribution in [2.24, 2.45) is 0 Å². The van der Waals surface area contributed by atoms with Gasteiger partial charge in [0.1, 0.15) is 0 Å². The number of nitrogens with zero attached hydrogens (tertiary/aromatic N) is 7. The molecule has 7 heteroatoms. The van der Waals surface area contributed by atoms with E-state index < -0.39 is 0 Å².